The van der Waals surface area contributed by atoms with Gasteiger partial charge in [-0.05, 0) is 29.8 Å². The van der Waals surface area contributed by atoms with Crippen molar-refractivity contribution in [3.8, 4) is 17.0 Å². The van der Waals surface area contributed by atoms with E-state index in [4.69, 9.17) is 4.74 Å². The van der Waals surface area contributed by atoms with Gasteiger partial charge >= 0.3 is 0 Å². The van der Waals surface area contributed by atoms with Crippen LogP contribution in [0.4, 0.5) is 0 Å². The van der Waals surface area contributed by atoms with Crippen LogP contribution in [0.1, 0.15) is 0 Å². The Bertz CT molecular complexity index is 744. The summed E-state index contributed by atoms with van der Waals surface area (Å²) in [4.78, 5) is 11.0. The molecule has 0 amide bonds. The summed E-state index contributed by atoms with van der Waals surface area (Å²) in [5, 5.41) is 1.07. The number of aromatic nitrogens is 1. The first-order valence-electron chi connectivity index (χ1n) is 6.50. The van der Waals surface area contributed by atoms with E-state index in [0.717, 1.165) is 34.2 Å². The first-order valence-corrected chi connectivity index (χ1v) is 6.50. The van der Waals surface area contributed by atoms with Gasteiger partial charge in [0.1, 0.15) is 12.0 Å². The van der Waals surface area contributed by atoms with Gasteiger partial charge in [0.15, 0.2) is 0 Å². The average molecular weight is 265 g/mol. The van der Waals surface area contributed by atoms with E-state index in [1.54, 1.807) is 7.11 Å². The van der Waals surface area contributed by atoms with Crippen molar-refractivity contribution >= 4 is 17.2 Å². The van der Waals surface area contributed by atoms with E-state index in [2.05, 4.69) is 6.07 Å². The number of benzene rings is 2. The molecule has 0 atom stereocenters. The van der Waals surface area contributed by atoms with E-state index in [0.29, 0.717) is 6.54 Å². The predicted molar refractivity (Wildman–Crippen MR) is 80.0 cm³/mol. The third kappa shape index (κ3) is 2.07. The molecule has 0 saturated carbocycles. The Morgan fingerprint density at radius 3 is 2.60 bits per heavy atom. The van der Waals surface area contributed by atoms with E-state index >= 15 is 0 Å². The molecule has 3 heteroatoms. The number of nitrogens with zero attached hydrogens (tertiary/aromatic N) is 1. The van der Waals surface area contributed by atoms with E-state index < -0.39 is 0 Å². The highest BCUT2D eigenvalue weighted by atomic mass is 16.5. The molecule has 0 spiro atoms. The quantitative estimate of drug-likeness (QED) is 0.676. The van der Waals surface area contributed by atoms with Gasteiger partial charge < -0.3 is 14.1 Å². The SMILES string of the molecule is COc1ccc2c(c1)cc(-c1ccccc1)n2CC=O. The van der Waals surface area contributed by atoms with Gasteiger partial charge in [0.25, 0.3) is 0 Å². The lowest BCUT2D eigenvalue weighted by Gasteiger charge is -2.07. The van der Waals surface area contributed by atoms with Gasteiger partial charge in [0, 0.05) is 16.6 Å². The Hall–Kier alpha value is -2.55. The maximum Gasteiger partial charge on any atom is 0.139 e. The van der Waals surface area contributed by atoms with Crippen LogP contribution in [0.2, 0.25) is 0 Å². The maximum absolute atomic E-state index is 11.0. The Morgan fingerprint density at radius 1 is 1.10 bits per heavy atom. The first kappa shape index (κ1) is 12.5. The summed E-state index contributed by atoms with van der Waals surface area (Å²) >= 11 is 0. The minimum Gasteiger partial charge on any atom is -0.497 e. The van der Waals surface area contributed by atoms with Crippen LogP contribution in [0.3, 0.4) is 0 Å². The minimum atomic E-state index is 0.347. The predicted octanol–water partition coefficient (Wildman–Crippen LogP) is 3.52. The van der Waals surface area contributed by atoms with Crippen LogP contribution in [-0.2, 0) is 11.3 Å². The zero-order valence-electron chi connectivity index (χ0n) is 11.2. The first-order chi connectivity index (χ1) is 9.83. The van der Waals surface area contributed by atoms with E-state index in [1.165, 1.54) is 0 Å². The Balaban J connectivity index is 2.25. The summed E-state index contributed by atoms with van der Waals surface area (Å²) in [7, 11) is 1.65. The topological polar surface area (TPSA) is 31.2 Å². The van der Waals surface area contributed by atoms with Gasteiger partial charge in [-0.2, -0.15) is 0 Å². The van der Waals surface area contributed by atoms with Crippen LogP contribution in [0, 0.1) is 0 Å². The number of hydrogen-bond acceptors (Lipinski definition) is 2. The molecule has 0 radical (unpaired) electrons. The van der Waals surface area contributed by atoms with Gasteiger partial charge in [-0.3, -0.25) is 0 Å². The number of ether oxygens (including phenoxy) is 1. The molecular formula is C17H15NO2. The van der Waals surface area contributed by atoms with Crippen LogP contribution >= 0.6 is 0 Å². The highest BCUT2D eigenvalue weighted by Gasteiger charge is 2.10. The summed E-state index contributed by atoms with van der Waals surface area (Å²) in [6, 6.07) is 18.1. The monoisotopic (exact) mass is 265 g/mol. The number of fused-ring (bicyclic) bond motifs is 1. The molecule has 0 N–H and O–H groups in total. The fourth-order valence-electron chi connectivity index (χ4n) is 2.50. The van der Waals surface area contributed by atoms with Gasteiger partial charge in [-0.25, -0.2) is 0 Å². The molecule has 3 nitrogen and oxygen atoms in total. The summed E-state index contributed by atoms with van der Waals surface area (Å²) in [5.41, 5.74) is 3.18. The van der Waals surface area contributed by atoms with Crippen molar-refractivity contribution in [1.29, 1.82) is 0 Å². The van der Waals surface area contributed by atoms with Crippen molar-refractivity contribution in [1.82, 2.24) is 4.57 Å². The lowest BCUT2D eigenvalue weighted by Crippen LogP contribution is -2.00. The van der Waals surface area contributed by atoms with Crippen molar-refractivity contribution in [3.63, 3.8) is 0 Å². The third-order valence-electron chi connectivity index (χ3n) is 3.44. The number of hydrogen-bond donors (Lipinski definition) is 0. The number of carbonyl (C=O) groups is 1. The minimum absolute atomic E-state index is 0.347. The van der Waals surface area contributed by atoms with Gasteiger partial charge in [-0.1, -0.05) is 30.3 Å². The molecule has 3 rings (SSSR count). The van der Waals surface area contributed by atoms with Crippen LogP contribution in [0.15, 0.2) is 54.6 Å². The highest BCUT2D eigenvalue weighted by molar-refractivity contribution is 5.88. The molecule has 0 bridgehead atoms. The zero-order valence-corrected chi connectivity index (χ0v) is 11.2. The molecule has 0 aliphatic carbocycles. The number of methoxy groups -OCH3 is 1. The smallest absolute Gasteiger partial charge is 0.139 e. The molecule has 0 unspecified atom stereocenters. The summed E-state index contributed by atoms with van der Waals surface area (Å²) < 4.78 is 7.28. The van der Waals surface area contributed by atoms with E-state index in [-0.39, 0.29) is 0 Å². The molecule has 3 aromatic rings. The molecule has 1 heterocycles. The second kappa shape index (κ2) is 5.21. The summed E-state index contributed by atoms with van der Waals surface area (Å²) in [6.45, 7) is 0.347. The summed E-state index contributed by atoms with van der Waals surface area (Å²) in [6.07, 6.45) is 0.927. The third-order valence-corrected chi connectivity index (χ3v) is 3.44. The maximum atomic E-state index is 11.0. The van der Waals surface area contributed by atoms with Crippen molar-refractivity contribution in [2.45, 2.75) is 6.54 Å². The molecular weight excluding hydrogens is 250 g/mol. The molecule has 100 valence electrons. The van der Waals surface area contributed by atoms with Crippen LogP contribution in [0.25, 0.3) is 22.2 Å². The lowest BCUT2D eigenvalue weighted by atomic mass is 10.1. The number of aldehydes is 1. The van der Waals surface area contributed by atoms with Gasteiger partial charge in [0.2, 0.25) is 0 Å². The van der Waals surface area contributed by atoms with Crippen molar-refractivity contribution in [2.24, 2.45) is 0 Å². The van der Waals surface area contributed by atoms with Gasteiger partial charge in [-0.15, -0.1) is 0 Å². The molecule has 0 saturated heterocycles. The Labute approximate surface area is 117 Å². The fraction of sp³-hybridized carbons (Fsp3) is 0.118. The highest BCUT2D eigenvalue weighted by Crippen LogP contribution is 2.30. The molecule has 20 heavy (non-hydrogen) atoms. The molecule has 1 aromatic heterocycles. The Kier molecular flexibility index (Phi) is 3.25. The van der Waals surface area contributed by atoms with Crippen LogP contribution in [0.5, 0.6) is 5.75 Å². The molecule has 0 fully saturated rings. The van der Waals surface area contributed by atoms with Crippen LogP contribution < -0.4 is 4.74 Å². The van der Waals surface area contributed by atoms with Crippen molar-refractivity contribution in [2.75, 3.05) is 7.11 Å². The largest absolute Gasteiger partial charge is 0.497 e. The molecule has 2 aromatic carbocycles. The standard InChI is InChI=1S/C17H15NO2/c1-20-15-7-8-16-14(11-15)12-17(18(16)9-10-19)13-5-3-2-4-6-13/h2-8,10-12H,9H2,1H3. The van der Waals surface area contributed by atoms with Crippen molar-refractivity contribution in [3.05, 3.63) is 54.6 Å². The average Bonchev–Trinajstić information content (AvgIpc) is 2.86. The van der Waals surface area contributed by atoms with E-state index in [9.17, 15) is 4.79 Å². The molecule has 0 aliphatic heterocycles. The normalized spacial score (nSPS) is 10.7. The molecule has 0 aliphatic rings. The van der Waals surface area contributed by atoms with Crippen molar-refractivity contribution < 1.29 is 9.53 Å². The number of rotatable bonds is 4. The zero-order chi connectivity index (χ0) is 13.9. The fourth-order valence-corrected chi connectivity index (χ4v) is 2.50. The lowest BCUT2D eigenvalue weighted by molar-refractivity contribution is -0.108. The second-order valence-electron chi connectivity index (χ2n) is 4.60. The second-order valence-corrected chi connectivity index (χ2v) is 4.60. The Morgan fingerprint density at radius 2 is 1.90 bits per heavy atom. The van der Waals surface area contributed by atoms with Crippen LogP contribution in [-0.4, -0.2) is 18.0 Å². The van der Waals surface area contributed by atoms with Gasteiger partial charge in [0.05, 0.1) is 13.7 Å². The number of carbonyl (C=O) groups excluding carboxylic acids is 1. The van der Waals surface area contributed by atoms with E-state index in [1.807, 2.05) is 53.1 Å². The summed E-state index contributed by atoms with van der Waals surface area (Å²) in [5.74, 6) is 0.820.